The molecule has 0 aromatic rings. The SMILES string of the molecule is CC(=O)NCC(C(=O)O)C(F)F. The van der Waals surface area contributed by atoms with Gasteiger partial charge in [-0.05, 0) is 0 Å². The molecule has 0 heterocycles. The lowest BCUT2D eigenvalue weighted by atomic mass is 10.1. The van der Waals surface area contributed by atoms with E-state index in [1.54, 1.807) is 0 Å². The molecule has 6 heteroatoms. The quantitative estimate of drug-likeness (QED) is 0.645. The number of carboxylic acid groups (broad SMARTS) is 1. The fourth-order valence-corrected chi connectivity index (χ4v) is 0.538. The summed E-state index contributed by atoms with van der Waals surface area (Å²) in [6.07, 6.45) is -2.96. The number of carboxylic acids is 1. The molecule has 0 spiro atoms. The fraction of sp³-hybridized carbons (Fsp3) is 0.667. The molecule has 1 unspecified atom stereocenters. The van der Waals surface area contributed by atoms with E-state index in [-0.39, 0.29) is 0 Å². The summed E-state index contributed by atoms with van der Waals surface area (Å²) in [5.41, 5.74) is 0. The zero-order chi connectivity index (χ0) is 9.72. The zero-order valence-corrected chi connectivity index (χ0v) is 6.38. The van der Waals surface area contributed by atoms with Crippen LogP contribution in [-0.4, -0.2) is 30.0 Å². The number of hydrogen-bond acceptors (Lipinski definition) is 2. The average molecular weight is 181 g/mol. The first-order valence-electron chi connectivity index (χ1n) is 3.20. The predicted octanol–water partition coefficient (Wildman–Crippen LogP) is 0.0884. The molecular weight excluding hydrogens is 172 g/mol. The van der Waals surface area contributed by atoms with E-state index in [9.17, 15) is 18.4 Å². The third-order valence-corrected chi connectivity index (χ3v) is 1.19. The number of hydrogen-bond donors (Lipinski definition) is 2. The van der Waals surface area contributed by atoms with Crippen LogP contribution >= 0.6 is 0 Å². The fourth-order valence-electron chi connectivity index (χ4n) is 0.538. The molecule has 0 saturated heterocycles. The molecule has 70 valence electrons. The molecule has 0 rings (SSSR count). The van der Waals surface area contributed by atoms with Crippen LogP contribution in [-0.2, 0) is 9.59 Å². The van der Waals surface area contributed by atoms with Gasteiger partial charge in [0.2, 0.25) is 5.91 Å². The van der Waals surface area contributed by atoms with Gasteiger partial charge in [0.05, 0.1) is 0 Å². The normalized spacial score (nSPS) is 12.7. The highest BCUT2D eigenvalue weighted by molar-refractivity contribution is 5.75. The highest BCUT2D eigenvalue weighted by Crippen LogP contribution is 2.08. The molecule has 4 nitrogen and oxygen atoms in total. The molecule has 2 N–H and O–H groups in total. The van der Waals surface area contributed by atoms with Gasteiger partial charge < -0.3 is 10.4 Å². The number of amides is 1. The number of rotatable bonds is 4. The van der Waals surface area contributed by atoms with Crippen LogP contribution in [0.3, 0.4) is 0 Å². The number of aliphatic carboxylic acids is 1. The van der Waals surface area contributed by atoms with E-state index in [0.29, 0.717) is 0 Å². The third-order valence-electron chi connectivity index (χ3n) is 1.19. The minimum Gasteiger partial charge on any atom is -0.481 e. The van der Waals surface area contributed by atoms with Gasteiger partial charge in [-0.3, -0.25) is 9.59 Å². The van der Waals surface area contributed by atoms with Crippen molar-refractivity contribution in [2.45, 2.75) is 13.3 Å². The summed E-state index contributed by atoms with van der Waals surface area (Å²) in [6.45, 7) is 0.590. The van der Waals surface area contributed by atoms with Crippen LogP contribution < -0.4 is 5.32 Å². The van der Waals surface area contributed by atoms with Crippen LogP contribution in [0.15, 0.2) is 0 Å². The van der Waals surface area contributed by atoms with Gasteiger partial charge in [0.15, 0.2) is 0 Å². The van der Waals surface area contributed by atoms with Crippen LogP contribution in [0.5, 0.6) is 0 Å². The van der Waals surface area contributed by atoms with E-state index >= 15 is 0 Å². The zero-order valence-electron chi connectivity index (χ0n) is 6.38. The van der Waals surface area contributed by atoms with Crippen molar-refractivity contribution in [3.63, 3.8) is 0 Å². The van der Waals surface area contributed by atoms with Crippen molar-refractivity contribution < 1.29 is 23.5 Å². The van der Waals surface area contributed by atoms with Crippen molar-refractivity contribution in [2.75, 3.05) is 6.54 Å². The second-order valence-electron chi connectivity index (χ2n) is 2.22. The summed E-state index contributed by atoms with van der Waals surface area (Å²) in [5.74, 6) is -3.96. The molecule has 0 saturated carbocycles. The molecule has 0 aliphatic heterocycles. The lowest BCUT2D eigenvalue weighted by molar-refractivity contribution is -0.146. The Kier molecular flexibility index (Phi) is 4.17. The van der Waals surface area contributed by atoms with Gasteiger partial charge in [-0.25, -0.2) is 8.78 Å². The standard InChI is InChI=1S/C6H9F2NO3/c1-3(10)9-2-4(5(7)8)6(11)12/h4-5H,2H2,1H3,(H,9,10)(H,11,12). The monoisotopic (exact) mass is 181 g/mol. The topological polar surface area (TPSA) is 66.4 Å². The number of alkyl halides is 2. The van der Waals surface area contributed by atoms with Gasteiger partial charge in [-0.1, -0.05) is 0 Å². The summed E-state index contributed by atoms with van der Waals surface area (Å²) in [7, 11) is 0. The van der Waals surface area contributed by atoms with E-state index in [1.807, 2.05) is 5.32 Å². The van der Waals surface area contributed by atoms with Gasteiger partial charge in [0, 0.05) is 13.5 Å². The average Bonchev–Trinajstić information content (AvgIpc) is 1.84. The molecule has 12 heavy (non-hydrogen) atoms. The van der Waals surface area contributed by atoms with Crippen LogP contribution in [0.25, 0.3) is 0 Å². The number of carbonyl (C=O) groups excluding carboxylic acids is 1. The number of halogens is 2. The van der Waals surface area contributed by atoms with Gasteiger partial charge in [-0.2, -0.15) is 0 Å². The van der Waals surface area contributed by atoms with E-state index in [2.05, 4.69) is 0 Å². The Labute approximate surface area is 67.6 Å². The molecule has 1 amide bonds. The minimum atomic E-state index is -2.96. The molecule has 0 radical (unpaired) electrons. The Morgan fingerprint density at radius 3 is 2.25 bits per heavy atom. The van der Waals surface area contributed by atoms with Crippen molar-refractivity contribution in [2.24, 2.45) is 5.92 Å². The second kappa shape index (κ2) is 4.63. The van der Waals surface area contributed by atoms with Crippen molar-refractivity contribution in [1.82, 2.24) is 5.32 Å². The highest BCUT2D eigenvalue weighted by Gasteiger charge is 2.27. The third kappa shape index (κ3) is 3.85. The maximum Gasteiger partial charge on any atom is 0.314 e. The molecule has 0 fully saturated rings. The Morgan fingerprint density at radius 2 is 2.00 bits per heavy atom. The molecule has 0 aromatic carbocycles. The summed E-state index contributed by atoms with van der Waals surface area (Å²) in [5, 5.41) is 10.2. The number of carbonyl (C=O) groups is 2. The van der Waals surface area contributed by atoms with Gasteiger partial charge in [0.25, 0.3) is 6.43 Å². The Balaban J connectivity index is 3.97. The molecule has 0 bridgehead atoms. The van der Waals surface area contributed by atoms with E-state index in [4.69, 9.17) is 5.11 Å². The first-order valence-corrected chi connectivity index (χ1v) is 3.20. The van der Waals surface area contributed by atoms with Crippen LogP contribution in [0.4, 0.5) is 8.78 Å². The Morgan fingerprint density at radius 1 is 1.50 bits per heavy atom. The molecule has 0 aromatic heterocycles. The van der Waals surface area contributed by atoms with E-state index < -0.39 is 30.8 Å². The first kappa shape index (κ1) is 10.8. The van der Waals surface area contributed by atoms with Crippen LogP contribution in [0, 0.1) is 5.92 Å². The lowest BCUT2D eigenvalue weighted by Gasteiger charge is -2.10. The minimum absolute atomic E-state index is 0.526. The first-order chi connectivity index (χ1) is 5.45. The Hall–Kier alpha value is -1.20. The molecule has 0 aliphatic rings. The highest BCUT2D eigenvalue weighted by atomic mass is 19.3. The number of nitrogens with one attached hydrogen (secondary N) is 1. The van der Waals surface area contributed by atoms with Crippen molar-refractivity contribution in [1.29, 1.82) is 0 Å². The molecule has 0 aliphatic carbocycles. The predicted molar refractivity (Wildman–Crippen MR) is 35.8 cm³/mol. The molecular formula is C6H9F2NO3. The Bertz CT molecular complexity index is 184. The van der Waals surface area contributed by atoms with Gasteiger partial charge in [-0.15, -0.1) is 0 Å². The summed E-state index contributed by atoms with van der Waals surface area (Å²) in [6, 6.07) is 0. The van der Waals surface area contributed by atoms with Crippen molar-refractivity contribution in [3.05, 3.63) is 0 Å². The van der Waals surface area contributed by atoms with Crippen molar-refractivity contribution >= 4 is 11.9 Å². The van der Waals surface area contributed by atoms with Crippen LogP contribution in [0.1, 0.15) is 6.92 Å². The maximum absolute atomic E-state index is 11.9. The van der Waals surface area contributed by atoms with Crippen molar-refractivity contribution in [3.8, 4) is 0 Å². The molecule has 1 atom stereocenters. The summed E-state index contributed by atoms with van der Waals surface area (Å²) in [4.78, 5) is 20.4. The summed E-state index contributed by atoms with van der Waals surface area (Å²) >= 11 is 0. The van der Waals surface area contributed by atoms with Gasteiger partial charge in [0.1, 0.15) is 5.92 Å². The van der Waals surface area contributed by atoms with E-state index in [1.165, 1.54) is 0 Å². The summed E-state index contributed by atoms with van der Waals surface area (Å²) < 4.78 is 23.7. The van der Waals surface area contributed by atoms with E-state index in [0.717, 1.165) is 6.92 Å². The largest absolute Gasteiger partial charge is 0.481 e. The lowest BCUT2D eigenvalue weighted by Crippen LogP contribution is -2.35. The second-order valence-corrected chi connectivity index (χ2v) is 2.22. The maximum atomic E-state index is 11.9. The van der Waals surface area contributed by atoms with Crippen LogP contribution in [0.2, 0.25) is 0 Å². The smallest absolute Gasteiger partial charge is 0.314 e. The van der Waals surface area contributed by atoms with Gasteiger partial charge >= 0.3 is 5.97 Å².